The van der Waals surface area contributed by atoms with Gasteiger partial charge in [0.2, 0.25) is 0 Å². The molecule has 104 valence electrons. The third kappa shape index (κ3) is 2.58. The van der Waals surface area contributed by atoms with Crippen LogP contribution in [0, 0.1) is 0 Å². The predicted molar refractivity (Wildman–Crippen MR) is 79.9 cm³/mol. The first-order valence-electron chi connectivity index (χ1n) is 6.40. The van der Waals surface area contributed by atoms with Crippen LogP contribution in [0.15, 0.2) is 54.9 Å². The molecule has 0 atom stereocenters. The summed E-state index contributed by atoms with van der Waals surface area (Å²) in [6, 6.07) is 12.2. The Bertz CT molecular complexity index is 839. The summed E-state index contributed by atoms with van der Waals surface area (Å²) in [4.78, 5) is 24.5. The molecule has 0 aliphatic carbocycles. The molecule has 0 unspecified atom stereocenters. The van der Waals surface area contributed by atoms with Gasteiger partial charge in [-0.25, -0.2) is 4.52 Å². The molecule has 3 aromatic rings. The summed E-state index contributed by atoms with van der Waals surface area (Å²) in [5, 5.41) is 4.45. The molecule has 0 saturated heterocycles. The molecular formula is C16H11ClN2O2. The molecule has 4 nitrogen and oxygen atoms in total. The highest BCUT2D eigenvalue weighted by molar-refractivity contribution is 6.34. The number of rotatable bonds is 4. The SMILES string of the molecule is O=C(CC(=O)c1cnn2ccccc12)c1ccccc1Cl. The van der Waals surface area contributed by atoms with Gasteiger partial charge in [0.05, 0.1) is 28.7 Å². The Labute approximate surface area is 126 Å². The molecule has 0 N–H and O–H groups in total. The second kappa shape index (κ2) is 5.50. The van der Waals surface area contributed by atoms with E-state index < -0.39 is 0 Å². The molecule has 0 fully saturated rings. The van der Waals surface area contributed by atoms with Crippen LogP contribution in [0.25, 0.3) is 5.52 Å². The zero-order chi connectivity index (χ0) is 14.8. The Morgan fingerprint density at radius 3 is 2.52 bits per heavy atom. The summed E-state index contributed by atoms with van der Waals surface area (Å²) in [5.41, 5.74) is 1.49. The smallest absolute Gasteiger partial charge is 0.174 e. The fourth-order valence-corrected chi connectivity index (χ4v) is 2.41. The number of carbonyl (C=O) groups is 2. The Balaban J connectivity index is 1.87. The molecule has 0 aliphatic rings. The van der Waals surface area contributed by atoms with E-state index in [1.165, 1.54) is 6.20 Å². The molecule has 5 heteroatoms. The first-order chi connectivity index (χ1) is 10.2. The minimum Gasteiger partial charge on any atom is -0.294 e. The Hall–Kier alpha value is -2.46. The topological polar surface area (TPSA) is 51.4 Å². The van der Waals surface area contributed by atoms with E-state index in [1.807, 2.05) is 12.1 Å². The largest absolute Gasteiger partial charge is 0.294 e. The van der Waals surface area contributed by atoms with Crippen molar-refractivity contribution in [1.82, 2.24) is 9.61 Å². The zero-order valence-electron chi connectivity index (χ0n) is 11.0. The van der Waals surface area contributed by atoms with Crippen molar-refractivity contribution >= 4 is 28.7 Å². The summed E-state index contributed by atoms with van der Waals surface area (Å²) >= 11 is 5.97. The highest BCUT2D eigenvalue weighted by atomic mass is 35.5. The molecule has 0 bridgehead atoms. The maximum Gasteiger partial charge on any atom is 0.174 e. The summed E-state index contributed by atoms with van der Waals surface area (Å²) in [5.74, 6) is -0.554. The molecule has 0 aliphatic heterocycles. The number of Topliss-reactive ketones (excluding diaryl/α,β-unsaturated/α-hetero) is 2. The highest BCUT2D eigenvalue weighted by Gasteiger charge is 2.18. The number of aromatic nitrogens is 2. The summed E-state index contributed by atoms with van der Waals surface area (Å²) in [6.07, 6.45) is 3.01. The first kappa shape index (κ1) is 13.5. The molecule has 3 rings (SSSR count). The average Bonchev–Trinajstić information content (AvgIpc) is 2.91. The lowest BCUT2D eigenvalue weighted by Crippen LogP contribution is -2.09. The number of pyridine rings is 1. The first-order valence-corrected chi connectivity index (χ1v) is 6.78. The number of halogens is 1. The van der Waals surface area contributed by atoms with Gasteiger partial charge in [0.1, 0.15) is 0 Å². The van der Waals surface area contributed by atoms with E-state index in [0.717, 1.165) is 0 Å². The molecule has 0 radical (unpaired) electrons. The number of carbonyl (C=O) groups excluding carboxylic acids is 2. The van der Waals surface area contributed by atoms with Gasteiger partial charge in [-0.1, -0.05) is 29.8 Å². The van der Waals surface area contributed by atoms with Crippen LogP contribution in [0.3, 0.4) is 0 Å². The van der Waals surface area contributed by atoms with Crippen LogP contribution < -0.4 is 0 Å². The third-order valence-electron chi connectivity index (χ3n) is 3.22. The average molecular weight is 299 g/mol. The van der Waals surface area contributed by atoms with Crippen LogP contribution in [0.2, 0.25) is 5.02 Å². The van der Waals surface area contributed by atoms with Gasteiger partial charge < -0.3 is 0 Å². The number of nitrogens with zero attached hydrogens (tertiary/aromatic N) is 2. The van der Waals surface area contributed by atoms with E-state index in [9.17, 15) is 9.59 Å². The van der Waals surface area contributed by atoms with Crippen LogP contribution in [-0.4, -0.2) is 21.2 Å². The van der Waals surface area contributed by atoms with Gasteiger partial charge >= 0.3 is 0 Å². The molecule has 0 amide bonds. The number of hydrogen-bond acceptors (Lipinski definition) is 3. The minimum absolute atomic E-state index is 0.222. The van der Waals surface area contributed by atoms with Gasteiger partial charge in [0.15, 0.2) is 11.6 Å². The molecule has 21 heavy (non-hydrogen) atoms. The lowest BCUT2D eigenvalue weighted by Gasteiger charge is -2.02. The molecule has 0 saturated carbocycles. The van der Waals surface area contributed by atoms with Crippen molar-refractivity contribution in [3.05, 3.63) is 71.0 Å². The minimum atomic E-state index is -0.291. The standard InChI is InChI=1S/C16H11ClN2O2/c17-13-6-2-1-5-11(13)15(20)9-16(21)12-10-18-19-8-4-3-7-14(12)19/h1-8,10H,9H2. The second-order valence-corrected chi connectivity index (χ2v) is 5.00. The van der Waals surface area contributed by atoms with Gasteiger partial charge in [0, 0.05) is 11.8 Å². The van der Waals surface area contributed by atoms with Crippen LogP contribution in [0.1, 0.15) is 27.1 Å². The maximum absolute atomic E-state index is 12.3. The van der Waals surface area contributed by atoms with Gasteiger partial charge in [-0.05, 0) is 24.3 Å². The van der Waals surface area contributed by atoms with Gasteiger partial charge in [0.25, 0.3) is 0 Å². The number of ketones is 2. The lowest BCUT2D eigenvalue weighted by atomic mass is 10.0. The quantitative estimate of drug-likeness (QED) is 0.547. The summed E-state index contributed by atoms with van der Waals surface area (Å²) < 4.78 is 1.60. The fourth-order valence-electron chi connectivity index (χ4n) is 2.17. The number of benzene rings is 1. The van der Waals surface area contributed by atoms with Crippen LogP contribution in [0.4, 0.5) is 0 Å². The van der Waals surface area contributed by atoms with Crippen LogP contribution in [-0.2, 0) is 0 Å². The van der Waals surface area contributed by atoms with Gasteiger partial charge in [-0.15, -0.1) is 0 Å². The van der Waals surface area contributed by atoms with Gasteiger partial charge in [-0.2, -0.15) is 5.10 Å². The fraction of sp³-hybridized carbons (Fsp3) is 0.0625. The van der Waals surface area contributed by atoms with Crippen molar-refractivity contribution in [2.45, 2.75) is 6.42 Å². The predicted octanol–water partition coefficient (Wildman–Crippen LogP) is 3.44. The highest BCUT2D eigenvalue weighted by Crippen LogP contribution is 2.19. The van der Waals surface area contributed by atoms with E-state index in [-0.39, 0.29) is 18.0 Å². The third-order valence-corrected chi connectivity index (χ3v) is 3.55. The Kier molecular flexibility index (Phi) is 3.54. The summed E-state index contributed by atoms with van der Waals surface area (Å²) in [7, 11) is 0. The van der Waals surface area contributed by atoms with E-state index in [0.29, 0.717) is 21.7 Å². The second-order valence-electron chi connectivity index (χ2n) is 4.59. The monoisotopic (exact) mass is 298 g/mol. The molecule has 1 aromatic carbocycles. The molecule has 2 heterocycles. The van der Waals surface area contributed by atoms with Gasteiger partial charge in [-0.3, -0.25) is 9.59 Å². The van der Waals surface area contributed by atoms with Crippen LogP contribution >= 0.6 is 11.6 Å². The van der Waals surface area contributed by atoms with Crippen molar-refractivity contribution in [2.24, 2.45) is 0 Å². The molecule has 0 spiro atoms. The van der Waals surface area contributed by atoms with E-state index >= 15 is 0 Å². The number of fused-ring (bicyclic) bond motifs is 1. The van der Waals surface area contributed by atoms with E-state index in [4.69, 9.17) is 11.6 Å². The zero-order valence-corrected chi connectivity index (χ0v) is 11.7. The number of hydrogen-bond donors (Lipinski definition) is 0. The Morgan fingerprint density at radius 1 is 1.00 bits per heavy atom. The molecule has 2 aromatic heterocycles. The van der Waals surface area contributed by atoms with Crippen molar-refractivity contribution in [2.75, 3.05) is 0 Å². The van der Waals surface area contributed by atoms with Crippen molar-refractivity contribution in [3.63, 3.8) is 0 Å². The van der Waals surface area contributed by atoms with E-state index in [1.54, 1.807) is 41.0 Å². The maximum atomic E-state index is 12.3. The summed E-state index contributed by atoms with van der Waals surface area (Å²) in [6.45, 7) is 0. The van der Waals surface area contributed by atoms with Crippen molar-refractivity contribution in [1.29, 1.82) is 0 Å². The molecular weight excluding hydrogens is 288 g/mol. The van der Waals surface area contributed by atoms with Crippen molar-refractivity contribution < 1.29 is 9.59 Å². The van der Waals surface area contributed by atoms with Crippen molar-refractivity contribution in [3.8, 4) is 0 Å². The normalized spacial score (nSPS) is 10.7. The lowest BCUT2D eigenvalue weighted by molar-refractivity contribution is 0.0895. The van der Waals surface area contributed by atoms with E-state index in [2.05, 4.69) is 5.10 Å². The van der Waals surface area contributed by atoms with Crippen LogP contribution in [0.5, 0.6) is 0 Å². The Morgan fingerprint density at radius 2 is 1.71 bits per heavy atom.